The molecule has 10 nitrogen and oxygen atoms in total. The molecule has 0 radical (unpaired) electrons. The summed E-state index contributed by atoms with van der Waals surface area (Å²) in [5, 5.41) is 22.3. The van der Waals surface area contributed by atoms with E-state index >= 15 is 0 Å². The van der Waals surface area contributed by atoms with E-state index in [1.54, 1.807) is 20.8 Å². The number of hydrogen-bond donors (Lipinski definition) is 2. The molecule has 1 heterocycles. The molecule has 2 N–H and O–H groups in total. The Labute approximate surface area is 137 Å². The minimum Gasteiger partial charge on any atom is -0.480 e. The van der Waals surface area contributed by atoms with Crippen LogP contribution in [0.2, 0.25) is 0 Å². The number of alkyl carbamates (subject to hydrolysis) is 1. The van der Waals surface area contributed by atoms with Crippen LogP contribution in [0.5, 0.6) is 5.75 Å². The fourth-order valence-electron chi connectivity index (χ4n) is 1.69. The Kier molecular flexibility index (Phi) is 6.04. The Morgan fingerprint density at radius 2 is 2.04 bits per heavy atom. The van der Waals surface area contributed by atoms with Crippen molar-refractivity contribution in [2.75, 3.05) is 0 Å². The molecular formula is C14H19N3O7. The second-order valence-corrected chi connectivity index (χ2v) is 5.87. The van der Waals surface area contributed by atoms with E-state index in [9.17, 15) is 24.8 Å². The van der Waals surface area contributed by atoms with Crippen molar-refractivity contribution in [2.24, 2.45) is 0 Å². The third kappa shape index (κ3) is 5.71. The lowest BCUT2D eigenvalue weighted by molar-refractivity contribution is -0.390. The zero-order chi connectivity index (χ0) is 18.5. The van der Waals surface area contributed by atoms with Crippen molar-refractivity contribution in [3.63, 3.8) is 0 Å². The SMILES string of the molecule is C[C@H](Oc1cccnc1[N+](=O)[O-])[C@H](NC(=O)OC(C)(C)C)C(=O)O. The number of nitro groups is 1. The number of carboxylic acids is 1. The van der Waals surface area contributed by atoms with E-state index in [1.807, 2.05) is 0 Å². The number of pyridine rings is 1. The van der Waals surface area contributed by atoms with Gasteiger partial charge in [0.1, 0.15) is 17.9 Å². The third-order valence-electron chi connectivity index (χ3n) is 2.64. The Morgan fingerprint density at radius 3 is 2.54 bits per heavy atom. The summed E-state index contributed by atoms with van der Waals surface area (Å²) in [6.45, 7) is 6.23. The fourth-order valence-corrected chi connectivity index (χ4v) is 1.69. The average Bonchev–Trinajstić information content (AvgIpc) is 2.42. The average molecular weight is 341 g/mol. The number of amides is 1. The Hall–Kier alpha value is -2.91. The van der Waals surface area contributed by atoms with Gasteiger partial charge in [-0.05, 0) is 49.7 Å². The van der Waals surface area contributed by atoms with Crippen molar-refractivity contribution >= 4 is 17.9 Å². The number of nitrogens with zero attached hydrogens (tertiary/aromatic N) is 2. The molecule has 1 aromatic heterocycles. The molecule has 0 aliphatic rings. The van der Waals surface area contributed by atoms with Crippen molar-refractivity contribution in [1.29, 1.82) is 0 Å². The molecule has 0 unspecified atom stereocenters. The first-order valence-corrected chi connectivity index (χ1v) is 6.99. The summed E-state index contributed by atoms with van der Waals surface area (Å²) in [6, 6.07) is 1.22. The van der Waals surface area contributed by atoms with E-state index in [4.69, 9.17) is 9.47 Å². The van der Waals surface area contributed by atoms with Crippen LogP contribution in [0.4, 0.5) is 10.6 Å². The van der Waals surface area contributed by atoms with Crippen LogP contribution in [-0.4, -0.2) is 44.8 Å². The van der Waals surface area contributed by atoms with E-state index in [1.165, 1.54) is 25.3 Å². The van der Waals surface area contributed by atoms with Gasteiger partial charge in [-0.25, -0.2) is 9.59 Å². The molecule has 24 heavy (non-hydrogen) atoms. The molecule has 1 amide bonds. The zero-order valence-electron chi connectivity index (χ0n) is 13.7. The predicted octanol–water partition coefficient (Wildman–Crippen LogP) is 1.74. The fraction of sp³-hybridized carbons (Fsp3) is 0.500. The lowest BCUT2D eigenvalue weighted by atomic mass is 10.2. The minimum absolute atomic E-state index is 0.202. The van der Waals surface area contributed by atoms with E-state index in [-0.39, 0.29) is 5.75 Å². The number of hydrogen-bond acceptors (Lipinski definition) is 7. The number of carbonyl (C=O) groups excluding carboxylic acids is 1. The maximum atomic E-state index is 11.7. The summed E-state index contributed by atoms with van der Waals surface area (Å²) >= 11 is 0. The maximum Gasteiger partial charge on any atom is 0.408 e. The summed E-state index contributed by atoms with van der Waals surface area (Å²) < 4.78 is 10.3. The summed E-state index contributed by atoms with van der Waals surface area (Å²) in [5.41, 5.74) is -0.806. The number of rotatable bonds is 6. The number of carboxylic acid groups (broad SMARTS) is 1. The molecule has 132 valence electrons. The van der Waals surface area contributed by atoms with Crippen LogP contribution in [0, 0.1) is 10.1 Å². The van der Waals surface area contributed by atoms with Crippen LogP contribution in [0.25, 0.3) is 0 Å². The second kappa shape index (κ2) is 7.57. The van der Waals surface area contributed by atoms with E-state index in [0.29, 0.717) is 0 Å². The highest BCUT2D eigenvalue weighted by Gasteiger charge is 2.31. The van der Waals surface area contributed by atoms with Gasteiger partial charge in [0.15, 0.2) is 6.04 Å². The van der Waals surface area contributed by atoms with Crippen molar-refractivity contribution < 1.29 is 29.1 Å². The number of nitrogens with one attached hydrogen (secondary N) is 1. The quantitative estimate of drug-likeness (QED) is 0.588. The van der Waals surface area contributed by atoms with Crippen LogP contribution >= 0.6 is 0 Å². The van der Waals surface area contributed by atoms with E-state index in [2.05, 4.69) is 10.3 Å². The lowest BCUT2D eigenvalue weighted by Crippen LogP contribution is -2.51. The predicted molar refractivity (Wildman–Crippen MR) is 81.8 cm³/mol. The molecule has 1 rings (SSSR count). The molecule has 0 saturated heterocycles. The molecule has 1 aromatic rings. The third-order valence-corrected chi connectivity index (χ3v) is 2.64. The van der Waals surface area contributed by atoms with Crippen LogP contribution in [0.3, 0.4) is 0 Å². The molecule has 10 heteroatoms. The molecule has 0 fully saturated rings. The normalized spacial score (nSPS) is 13.5. The van der Waals surface area contributed by atoms with Crippen LogP contribution in [0.15, 0.2) is 18.3 Å². The van der Waals surface area contributed by atoms with Gasteiger partial charge < -0.3 is 30.0 Å². The Bertz CT molecular complexity index is 627. The summed E-state index contributed by atoms with van der Waals surface area (Å²) in [5.74, 6) is -2.13. The van der Waals surface area contributed by atoms with Gasteiger partial charge in [-0.2, -0.15) is 0 Å². The standard InChI is InChI=1S/C14H19N3O7/c1-8(23-9-6-5-7-15-11(9)17(21)22)10(12(18)19)16-13(20)24-14(2,3)4/h5-8,10H,1-4H3,(H,16,20)(H,18,19)/t8-,10-/m0/s1. The highest BCUT2D eigenvalue weighted by atomic mass is 16.6. The number of aromatic nitrogens is 1. The van der Waals surface area contributed by atoms with Gasteiger partial charge in [-0.15, -0.1) is 0 Å². The number of ether oxygens (including phenoxy) is 2. The van der Waals surface area contributed by atoms with Crippen LogP contribution in [-0.2, 0) is 9.53 Å². The molecule has 0 aliphatic carbocycles. The van der Waals surface area contributed by atoms with E-state index in [0.717, 1.165) is 0 Å². The highest BCUT2D eigenvalue weighted by molar-refractivity contribution is 5.80. The molecule has 0 aliphatic heterocycles. The van der Waals surface area contributed by atoms with Gasteiger partial charge in [0.05, 0.1) is 0 Å². The van der Waals surface area contributed by atoms with Crippen LogP contribution < -0.4 is 10.1 Å². The molecule has 0 aromatic carbocycles. The monoisotopic (exact) mass is 341 g/mol. The van der Waals surface area contributed by atoms with Crippen molar-refractivity contribution in [2.45, 2.75) is 45.4 Å². The maximum absolute atomic E-state index is 11.7. The molecular weight excluding hydrogens is 322 g/mol. The number of aliphatic carboxylic acids is 1. The van der Waals surface area contributed by atoms with Crippen LogP contribution in [0.1, 0.15) is 27.7 Å². The highest BCUT2D eigenvalue weighted by Crippen LogP contribution is 2.24. The molecule has 0 saturated carbocycles. The van der Waals surface area contributed by atoms with Gasteiger partial charge in [0, 0.05) is 0 Å². The minimum atomic E-state index is -1.47. The van der Waals surface area contributed by atoms with Gasteiger partial charge in [0.2, 0.25) is 5.75 Å². The smallest absolute Gasteiger partial charge is 0.408 e. The molecule has 0 bridgehead atoms. The summed E-state index contributed by atoms with van der Waals surface area (Å²) in [6.07, 6.45) is -0.840. The largest absolute Gasteiger partial charge is 0.480 e. The van der Waals surface area contributed by atoms with Gasteiger partial charge in [-0.3, -0.25) is 0 Å². The second-order valence-electron chi connectivity index (χ2n) is 5.87. The van der Waals surface area contributed by atoms with Gasteiger partial charge >= 0.3 is 17.9 Å². The van der Waals surface area contributed by atoms with Crippen molar-refractivity contribution in [3.05, 3.63) is 28.4 Å². The van der Waals surface area contributed by atoms with Gasteiger partial charge in [0.25, 0.3) is 0 Å². The Morgan fingerprint density at radius 1 is 1.42 bits per heavy atom. The summed E-state index contributed by atoms with van der Waals surface area (Å²) in [4.78, 5) is 36.8. The first-order valence-electron chi connectivity index (χ1n) is 6.99. The first-order chi connectivity index (χ1) is 11.0. The van der Waals surface area contributed by atoms with Crippen molar-refractivity contribution in [3.8, 4) is 5.75 Å². The topological polar surface area (TPSA) is 141 Å². The molecule has 0 spiro atoms. The zero-order valence-corrected chi connectivity index (χ0v) is 13.7. The van der Waals surface area contributed by atoms with Gasteiger partial charge in [-0.1, -0.05) is 0 Å². The summed E-state index contributed by atoms with van der Waals surface area (Å²) in [7, 11) is 0. The number of carbonyl (C=O) groups is 2. The molecule has 2 atom stereocenters. The van der Waals surface area contributed by atoms with E-state index < -0.39 is 40.6 Å². The first kappa shape index (κ1) is 19.1. The van der Waals surface area contributed by atoms with Crippen molar-refractivity contribution in [1.82, 2.24) is 10.3 Å². The lowest BCUT2D eigenvalue weighted by Gasteiger charge is -2.25. The Balaban J connectivity index is 2.88.